The molecule has 1 atom stereocenters. The van der Waals surface area contributed by atoms with Gasteiger partial charge in [0.25, 0.3) is 5.69 Å². The topological polar surface area (TPSA) is 125 Å². The number of hydrogen-bond acceptors (Lipinski definition) is 7. The van der Waals surface area contributed by atoms with Gasteiger partial charge in [-0.05, 0) is 6.07 Å². The van der Waals surface area contributed by atoms with Crippen LogP contribution in [0.15, 0.2) is 12.1 Å². The van der Waals surface area contributed by atoms with E-state index in [-0.39, 0.29) is 17.1 Å². The number of nitro groups is 1. The quantitative estimate of drug-likeness (QED) is 0.473. The predicted molar refractivity (Wildman–Crippen MR) is 68.3 cm³/mol. The molecule has 1 unspecified atom stereocenters. The van der Waals surface area contributed by atoms with Crippen molar-refractivity contribution in [1.29, 1.82) is 0 Å². The van der Waals surface area contributed by atoms with Crippen molar-refractivity contribution in [2.24, 2.45) is 0 Å². The first-order chi connectivity index (χ1) is 9.81. The van der Waals surface area contributed by atoms with Crippen molar-refractivity contribution in [2.45, 2.75) is 13.0 Å². The first-order valence-corrected chi connectivity index (χ1v) is 5.62. The molecule has 0 radical (unpaired) electrons. The van der Waals surface area contributed by atoms with Crippen LogP contribution in [-0.4, -0.2) is 36.2 Å². The molecule has 9 nitrogen and oxygen atoms in total. The van der Waals surface area contributed by atoms with Gasteiger partial charge in [0.2, 0.25) is 6.10 Å². The molecule has 0 aromatic heterocycles. The van der Waals surface area contributed by atoms with Crippen LogP contribution in [-0.2, 0) is 14.3 Å². The highest BCUT2D eigenvalue weighted by Crippen LogP contribution is 2.38. The van der Waals surface area contributed by atoms with E-state index in [4.69, 9.17) is 14.6 Å². The Labute approximate surface area is 119 Å². The lowest BCUT2D eigenvalue weighted by molar-refractivity contribution is -0.386. The number of rotatable bonds is 6. The lowest BCUT2D eigenvalue weighted by atomic mass is 10.1. The second-order valence-corrected chi connectivity index (χ2v) is 3.85. The number of ether oxygens (including phenoxy) is 3. The minimum atomic E-state index is -1.82. The number of benzene rings is 1. The molecular formula is C12H13NO8. The smallest absolute Gasteiger partial charge is 0.350 e. The molecule has 0 amide bonds. The monoisotopic (exact) mass is 299 g/mol. The largest absolute Gasteiger partial charge is 0.493 e. The molecule has 21 heavy (non-hydrogen) atoms. The van der Waals surface area contributed by atoms with Gasteiger partial charge in [0.05, 0.1) is 30.8 Å². The van der Waals surface area contributed by atoms with Gasteiger partial charge < -0.3 is 19.3 Å². The molecule has 1 aromatic carbocycles. The number of carboxylic acid groups (broad SMARTS) is 1. The summed E-state index contributed by atoms with van der Waals surface area (Å²) >= 11 is 0. The molecule has 1 rings (SSSR count). The standard InChI is InChI=1S/C12H13NO8/c1-6(14)21-11(12(15)16)7-4-9(19-2)10(20-3)5-8(7)13(17)18/h4-5,11H,1-3H3,(H,15,16). The first kappa shape index (κ1) is 16.2. The van der Waals surface area contributed by atoms with E-state index < -0.39 is 28.7 Å². The van der Waals surface area contributed by atoms with E-state index >= 15 is 0 Å². The number of carbonyl (C=O) groups is 2. The maximum absolute atomic E-state index is 11.2. The van der Waals surface area contributed by atoms with Crippen molar-refractivity contribution in [3.63, 3.8) is 0 Å². The molecule has 9 heteroatoms. The summed E-state index contributed by atoms with van der Waals surface area (Å²) in [7, 11) is 2.57. The Morgan fingerprint density at radius 2 is 1.76 bits per heavy atom. The highest BCUT2D eigenvalue weighted by atomic mass is 16.6. The van der Waals surface area contributed by atoms with Crippen molar-refractivity contribution < 1.29 is 33.8 Å². The van der Waals surface area contributed by atoms with Gasteiger partial charge in [-0.3, -0.25) is 14.9 Å². The van der Waals surface area contributed by atoms with E-state index in [1.165, 1.54) is 14.2 Å². The van der Waals surface area contributed by atoms with Crippen molar-refractivity contribution in [1.82, 2.24) is 0 Å². The van der Waals surface area contributed by atoms with Crippen LogP contribution < -0.4 is 9.47 Å². The normalized spacial score (nSPS) is 11.4. The molecule has 0 heterocycles. The third-order valence-corrected chi connectivity index (χ3v) is 2.52. The summed E-state index contributed by atoms with van der Waals surface area (Å²) in [6.07, 6.45) is -1.82. The minimum absolute atomic E-state index is 0.0555. The van der Waals surface area contributed by atoms with Gasteiger partial charge in [-0.15, -0.1) is 0 Å². The van der Waals surface area contributed by atoms with E-state index in [2.05, 4.69) is 4.74 Å². The number of nitrogens with zero attached hydrogens (tertiary/aromatic N) is 1. The number of carboxylic acids is 1. The molecular weight excluding hydrogens is 286 g/mol. The van der Waals surface area contributed by atoms with E-state index in [0.717, 1.165) is 19.1 Å². The maximum Gasteiger partial charge on any atom is 0.350 e. The van der Waals surface area contributed by atoms with E-state index in [0.29, 0.717) is 0 Å². The molecule has 0 spiro atoms. The van der Waals surface area contributed by atoms with Gasteiger partial charge in [-0.1, -0.05) is 0 Å². The highest BCUT2D eigenvalue weighted by molar-refractivity contribution is 5.80. The molecule has 0 bridgehead atoms. The second kappa shape index (κ2) is 6.55. The Hall–Kier alpha value is -2.84. The van der Waals surface area contributed by atoms with Crippen molar-refractivity contribution in [3.05, 3.63) is 27.8 Å². The van der Waals surface area contributed by atoms with Crippen molar-refractivity contribution >= 4 is 17.6 Å². The lowest BCUT2D eigenvalue weighted by Crippen LogP contribution is -2.19. The third-order valence-electron chi connectivity index (χ3n) is 2.52. The van der Waals surface area contributed by atoms with Crippen molar-refractivity contribution in [3.8, 4) is 11.5 Å². The molecule has 0 saturated heterocycles. The van der Waals surface area contributed by atoms with E-state index in [1.807, 2.05) is 0 Å². The molecule has 0 aliphatic heterocycles. The molecule has 1 N–H and O–H groups in total. The Bertz CT molecular complexity index is 583. The maximum atomic E-state index is 11.2. The fourth-order valence-electron chi connectivity index (χ4n) is 1.66. The van der Waals surface area contributed by atoms with Crippen LogP contribution in [0, 0.1) is 10.1 Å². The molecule has 0 fully saturated rings. The second-order valence-electron chi connectivity index (χ2n) is 3.85. The number of methoxy groups -OCH3 is 2. The number of nitro benzene ring substituents is 1. The summed E-state index contributed by atoms with van der Waals surface area (Å²) in [4.78, 5) is 32.5. The van der Waals surface area contributed by atoms with Crippen LogP contribution in [0.25, 0.3) is 0 Å². The SMILES string of the molecule is COc1cc(C(OC(C)=O)C(=O)O)c([N+](=O)[O-])cc1OC. The fraction of sp³-hybridized carbons (Fsp3) is 0.333. The molecule has 0 aliphatic carbocycles. The zero-order chi connectivity index (χ0) is 16.2. The average Bonchev–Trinajstić information content (AvgIpc) is 2.42. The van der Waals surface area contributed by atoms with Gasteiger partial charge in [0, 0.05) is 6.92 Å². The Morgan fingerprint density at radius 1 is 1.24 bits per heavy atom. The fourth-order valence-corrected chi connectivity index (χ4v) is 1.66. The summed E-state index contributed by atoms with van der Waals surface area (Å²) in [5.74, 6) is -2.29. The Kier molecular flexibility index (Phi) is 5.06. The van der Waals surface area contributed by atoms with Crippen LogP contribution in [0.5, 0.6) is 11.5 Å². The van der Waals surface area contributed by atoms with Gasteiger partial charge in [-0.2, -0.15) is 0 Å². The molecule has 1 aromatic rings. The number of hydrogen-bond donors (Lipinski definition) is 1. The molecule has 0 saturated carbocycles. The summed E-state index contributed by atoms with van der Waals surface area (Å²) in [6, 6.07) is 2.10. The summed E-state index contributed by atoms with van der Waals surface area (Å²) < 4.78 is 14.5. The van der Waals surface area contributed by atoms with Crippen LogP contribution >= 0.6 is 0 Å². The zero-order valence-electron chi connectivity index (χ0n) is 11.5. The average molecular weight is 299 g/mol. The van der Waals surface area contributed by atoms with Gasteiger partial charge in [-0.25, -0.2) is 4.79 Å². The van der Waals surface area contributed by atoms with Crippen LogP contribution in [0.1, 0.15) is 18.6 Å². The summed E-state index contributed by atoms with van der Waals surface area (Å²) in [5.41, 5.74) is -0.873. The number of aliphatic carboxylic acids is 1. The van der Waals surface area contributed by atoms with E-state index in [9.17, 15) is 19.7 Å². The van der Waals surface area contributed by atoms with Crippen LogP contribution in [0.3, 0.4) is 0 Å². The predicted octanol–water partition coefficient (Wildman–Crippen LogP) is 1.30. The zero-order valence-corrected chi connectivity index (χ0v) is 11.5. The Balaban J connectivity index is 3.52. The first-order valence-electron chi connectivity index (χ1n) is 5.62. The minimum Gasteiger partial charge on any atom is -0.493 e. The number of carbonyl (C=O) groups excluding carboxylic acids is 1. The van der Waals surface area contributed by atoms with E-state index in [1.54, 1.807) is 0 Å². The Morgan fingerprint density at radius 3 is 2.14 bits per heavy atom. The summed E-state index contributed by atoms with van der Waals surface area (Å²) in [5, 5.41) is 20.2. The van der Waals surface area contributed by atoms with Gasteiger partial charge in [0.1, 0.15) is 0 Å². The third kappa shape index (κ3) is 3.59. The summed E-state index contributed by atoms with van der Waals surface area (Å²) in [6.45, 7) is 1.00. The van der Waals surface area contributed by atoms with Gasteiger partial charge >= 0.3 is 11.9 Å². The molecule has 0 aliphatic rings. The van der Waals surface area contributed by atoms with Crippen LogP contribution in [0.4, 0.5) is 5.69 Å². The number of esters is 1. The van der Waals surface area contributed by atoms with Crippen LogP contribution in [0.2, 0.25) is 0 Å². The highest BCUT2D eigenvalue weighted by Gasteiger charge is 2.32. The van der Waals surface area contributed by atoms with Crippen molar-refractivity contribution in [2.75, 3.05) is 14.2 Å². The molecule has 114 valence electrons. The van der Waals surface area contributed by atoms with Gasteiger partial charge in [0.15, 0.2) is 11.5 Å². The lowest BCUT2D eigenvalue weighted by Gasteiger charge is -2.15.